The number of rotatable bonds is 5. The van der Waals surface area contributed by atoms with Crippen LogP contribution >= 0.6 is 23.2 Å². The smallest absolute Gasteiger partial charge is 0.353 e. The van der Waals surface area contributed by atoms with Crippen LogP contribution in [-0.2, 0) is 23.8 Å². The number of halogens is 2. The predicted molar refractivity (Wildman–Crippen MR) is 60.3 cm³/mol. The van der Waals surface area contributed by atoms with Gasteiger partial charge in [0, 0.05) is 5.57 Å². The molecule has 1 unspecified atom stereocenters. The van der Waals surface area contributed by atoms with Crippen molar-refractivity contribution in [3.8, 4) is 0 Å². The van der Waals surface area contributed by atoms with Gasteiger partial charge in [0.2, 0.25) is 6.29 Å². The molecule has 7 heteroatoms. The van der Waals surface area contributed by atoms with E-state index >= 15 is 0 Å². The summed E-state index contributed by atoms with van der Waals surface area (Å²) in [6.07, 6.45) is -1.03. The van der Waals surface area contributed by atoms with E-state index in [4.69, 9.17) is 32.7 Å². The van der Waals surface area contributed by atoms with Crippen LogP contribution in [0.1, 0.15) is 6.92 Å². The molecule has 0 bridgehead atoms. The zero-order chi connectivity index (χ0) is 13.0. The highest BCUT2D eigenvalue weighted by molar-refractivity contribution is 6.48. The van der Waals surface area contributed by atoms with Crippen molar-refractivity contribution in [1.29, 1.82) is 0 Å². The minimum Gasteiger partial charge on any atom is -0.460 e. The second-order valence-electron chi connectivity index (χ2n) is 3.19. The molecule has 1 aliphatic rings. The highest BCUT2D eigenvalue weighted by atomic mass is 35.5. The maximum atomic E-state index is 11.0. The summed E-state index contributed by atoms with van der Waals surface area (Å²) >= 11 is 11.2. The lowest BCUT2D eigenvalue weighted by Gasteiger charge is -2.11. The highest BCUT2D eigenvalue weighted by Gasteiger charge is 2.32. The Labute approximate surface area is 108 Å². The summed E-state index contributed by atoms with van der Waals surface area (Å²) in [5.41, 5.74) is 0.290. The molecule has 94 valence electrons. The molecule has 5 nitrogen and oxygen atoms in total. The monoisotopic (exact) mass is 280 g/mol. The molecule has 0 aromatic carbocycles. The molecule has 1 rings (SSSR count). The van der Waals surface area contributed by atoms with Gasteiger partial charge in [-0.05, 0) is 6.92 Å². The second-order valence-corrected chi connectivity index (χ2v) is 3.97. The first-order chi connectivity index (χ1) is 7.93. The minimum atomic E-state index is -1.03. The maximum Gasteiger partial charge on any atom is 0.353 e. The molecule has 0 saturated carbocycles. The van der Waals surface area contributed by atoms with Crippen LogP contribution in [0.4, 0.5) is 0 Å². The Hall–Kier alpha value is -1.04. The molecule has 1 aliphatic heterocycles. The van der Waals surface area contributed by atoms with Crippen molar-refractivity contribution >= 4 is 35.1 Å². The number of ether oxygens (including phenoxy) is 3. The van der Waals surface area contributed by atoms with Crippen molar-refractivity contribution in [3.63, 3.8) is 0 Å². The molecule has 0 amide bonds. The van der Waals surface area contributed by atoms with Crippen LogP contribution in [0.25, 0.3) is 0 Å². The van der Waals surface area contributed by atoms with Crippen LogP contribution in [0.5, 0.6) is 0 Å². The average Bonchev–Trinajstić information content (AvgIpc) is 2.52. The van der Waals surface area contributed by atoms with Crippen molar-refractivity contribution in [3.05, 3.63) is 22.2 Å². The van der Waals surface area contributed by atoms with Gasteiger partial charge in [0.25, 0.3) is 0 Å². The molecular formula is C10H10Cl2O5. The zero-order valence-corrected chi connectivity index (χ0v) is 10.5. The van der Waals surface area contributed by atoms with Crippen molar-refractivity contribution in [1.82, 2.24) is 0 Å². The Morgan fingerprint density at radius 2 is 2.12 bits per heavy atom. The van der Waals surface area contributed by atoms with Gasteiger partial charge in [0.05, 0.1) is 6.61 Å². The van der Waals surface area contributed by atoms with Crippen LogP contribution in [0.2, 0.25) is 0 Å². The lowest BCUT2D eigenvalue weighted by atomic mass is 10.4. The first-order valence-electron chi connectivity index (χ1n) is 4.64. The molecule has 0 N–H and O–H groups in total. The Morgan fingerprint density at radius 1 is 1.47 bits per heavy atom. The van der Waals surface area contributed by atoms with Crippen molar-refractivity contribution < 1.29 is 23.8 Å². The maximum absolute atomic E-state index is 11.0. The second kappa shape index (κ2) is 6.05. The van der Waals surface area contributed by atoms with Gasteiger partial charge in [-0.3, -0.25) is 0 Å². The zero-order valence-electron chi connectivity index (χ0n) is 9.00. The molecule has 0 aromatic heterocycles. The Kier molecular flexibility index (Phi) is 4.99. The molecule has 0 spiro atoms. The van der Waals surface area contributed by atoms with Gasteiger partial charge in [-0.2, -0.15) is 0 Å². The first-order valence-corrected chi connectivity index (χ1v) is 5.39. The third-order valence-electron chi connectivity index (χ3n) is 1.74. The van der Waals surface area contributed by atoms with Crippen LogP contribution in [-0.4, -0.2) is 31.4 Å². The number of carbonyl (C=O) groups excluding carboxylic acids is 2. The summed E-state index contributed by atoms with van der Waals surface area (Å²) in [4.78, 5) is 21.9. The van der Waals surface area contributed by atoms with Gasteiger partial charge < -0.3 is 14.2 Å². The summed E-state index contributed by atoms with van der Waals surface area (Å²) in [6, 6.07) is 0. The van der Waals surface area contributed by atoms with Crippen LogP contribution in [0.15, 0.2) is 22.2 Å². The van der Waals surface area contributed by atoms with Crippen molar-refractivity contribution in [2.24, 2.45) is 0 Å². The largest absolute Gasteiger partial charge is 0.460 e. The van der Waals surface area contributed by atoms with Gasteiger partial charge in [-0.15, -0.1) is 0 Å². The quantitative estimate of drug-likeness (QED) is 0.436. The van der Waals surface area contributed by atoms with E-state index in [2.05, 4.69) is 11.3 Å². The number of carbonyl (C=O) groups is 2. The molecule has 0 saturated heterocycles. The van der Waals surface area contributed by atoms with E-state index in [1.807, 2.05) is 0 Å². The molecular weight excluding hydrogens is 271 g/mol. The fourth-order valence-corrected chi connectivity index (χ4v) is 1.24. The summed E-state index contributed by atoms with van der Waals surface area (Å²) in [5.74, 6) is -1.25. The first kappa shape index (κ1) is 14.0. The van der Waals surface area contributed by atoms with Crippen LogP contribution in [0.3, 0.4) is 0 Å². The van der Waals surface area contributed by atoms with Crippen molar-refractivity contribution in [2.75, 3.05) is 13.2 Å². The van der Waals surface area contributed by atoms with Gasteiger partial charge in [0.1, 0.15) is 16.7 Å². The SMILES string of the molecule is C=C(C)C(=O)OCCOC1OC(=O)C(Cl)=C1Cl. The average molecular weight is 281 g/mol. The van der Waals surface area contributed by atoms with Crippen LogP contribution < -0.4 is 0 Å². The Bertz CT molecular complexity index is 388. The minimum absolute atomic E-state index is 0.00152. The fourth-order valence-electron chi connectivity index (χ4n) is 0.922. The van der Waals surface area contributed by atoms with Crippen LogP contribution in [0, 0.1) is 0 Å². The molecule has 0 aromatic rings. The lowest BCUT2D eigenvalue weighted by Crippen LogP contribution is -2.19. The molecule has 0 fully saturated rings. The van der Waals surface area contributed by atoms with Gasteiger partial charge in [-0.1, -0.05) is 29.8 Å². The molecule has 1 heterocycles. The summed E-state index contributed by atoms with van der Waals surface area (Å²) in [5, 5.41) is -0.210. The topological polar surface area (TPSA) is 61.8 Å². The fraction of sp³-hybridized carbons (Fsp3) is 0.400. The number of hydrogen-bond acceptors (Lipinski definition) is 5. The normalized spacial score (nSPS) is 19.2. The summed E-state index contributed by atoms with van der Waals surface area (Å²) < 4.78 is 14.5. The van der Waals surface area contributed by atoms with E-state index in [0.29, 0.717) is 5.57 Å². The predicted octanol–water partition coefficient (Wildman–Crippen LogP) is 1.69. The number of cyclic esters (lactones) is 1. The van der Waals surface area contributed by atoms with Crippen molar-refractivity contribution in [2.45, 2.75) is 13.2 Å². The third-order valence-corrected chi connectivity index (χ3v) is 2.57. The standard InChI is InChI=1S/C10H10Cl2O5/c1-5(2)8(13)15-3-4-16-10-7(12)6(11)9(14)17-10/h10H,1,3-4H2,2H3. The van der Waals surface area contributed by atoms with E-state index in [9.17, 15) is 9.59 Å². The molecule has 17 heavy (non-hydrogen) atoms. The van der Waals surface area contributed by atoms with E-state index in [-0.39, 0.29) is 23.3 Å². The third kappa shape index (κ3) is 3.73. The number of hydrogen-bond donors (Lipinski definition) is 0. The highest BCUT2D eigenvalue weighted by Crippen LogP contribution is 2.29. The van der Waals surface area contributed by atoms with E-state index in [1.165, 1.54) is 6.92 Å². The summed E-state index contributed by atoms with van der Waals surface area (Å²) in [7, 11) is 0. The van der Waals surface area contributed by atoms with E-state index in [1.54, 1.807) is 0 Å². The van der Waals surface area contributed by atoms with E-state index in [0.717, 1.165) is 0 Å². The number of esters is 2. The Morgan fingerprint density at radius 3 is 2.59 bits per heavy atom. The Balaban J connectivity index is 2.27. The molecule has 1 atom stereocenters. The molecule has 0 radical (unpaired) electrons. The molecule has 0 aliphatic carbocycles. The van der Waals surface area contributed by atoms with Gasteiger partial charge >= 0.3 is 11.9 Å². The summed E-state index contributed by atoms with van der Waals surface area (Å²) in [6.45, 7) is 4.97. The lowest BCUT2D eigenvalue weighted by molar-refractivity contribution is -0.163. The van der Waals surface area contributed by atoms with Gasteiger partial charge in [0.15, 0.2) is 0 Å². The van der Waals surface area contributed by atoms with Gasteiger partial charge in [-0.25, -0.2) is 9.59 Å². The van der Waals surface area contributed by atoms with E-state index < -0.39 is 18.2 Å².